The van der Waals surface area contributed by atoms with Gasteiger partial charge in [-0.1, -0.05) is 145 Å². The second-order valence-electron chi connectivity index (χ2n) is 13.4. The van der Waals surface area contributed by atoms with E-state index < -0.39 is 0 Å². The molecule has 0 fully saturated rings. The maximum atomic E-state index is 4.97. The molecule has 44 heavy (non-hydrogen) atoms. The maximum absolute atomic E-state index is 4.97. The van der Waals surface area contributed by atoms with Gasteiger partial charge in [0.1, 0.15) is 0 Å². The fourth-order valence-electron chi connectivity index (χ4n) is 5.20. The predicted molar refractivity (Wildman–Crippen MR) is 182 cm³/mol. The Morgan fingerprint density at radius 2 is 0.682 bits per heavy atom. The fraction of sp³-hybridized carbons (Fsp3) is 0.200. The van der Waals surface area contributed by atoms with E-state index in [4.69, 9.17) is 15.0 Å². The lowest BCUT2D eigenvalue weighted by Gasteiger charge is -2.19. The first-order valence-electron chi connectivity index (χ1n) is 15.1. The molecule has 6 rings (SSSR count). The van der Waals surface area contributed by atoms with Crippen molar-refractivity contribution in [2.75, 3.05) is 0 Å². The number of hydrogen-bond acceptors (Lipinski definition) is 4. The first-order chi connectivity index (χ1) is 21.0. The molecule has 0 aliphatic carbocycles. The first-order valence-corrected chi connectivity index (χ1v) is 15.1. The van der Waals surface area contributed by atoms with Crippen molar-refractivity contribution in [3.05, 3.63) is 133 Å². The number of aromatic nitrogens is 4. The van der Waals surface area contributed by atoms with Gasteiger partial charge in [0.15, 0.2) is 17.5 Å². The van der Waals surface area contributed by atoms with Crippen LogP contribution >= 0.6 is 0 Å². The third-order valence-electron chi connectivity index (χ3n) is 8.01. The summed E-state index contributed by atoms with van der Waals surface area (Å²) in [6.07, 6.45) is 3.68. The number of pyridine rings is 1. The van der Waals surface area contributed by atoms with Gasteiger partial charge in [0.05, 0.1) is 0 Å². The van der Waals surface area contributed by atoms with Gasteiger partial charge in [0.25, 0.3) is 0 Å². The third kappa shape index (κ3) is 6.35. The lowest BCUT2D eigenvalue weighted by molar-refractivity contribution is 0.590. The second kappa shape index (κ2) is 11.6. The maximum Gasteiger partial charge on any atom is 0.164 e. The van der Waals surface area contributed by atoms with E-state index in [1.807, 2.05) is 12.3 Å². The van der Waals surface area contributed by atoms with Crippen LogP contribution < -0.4 is 0 Å². The van der Waals surface area contributed by atoms with Crippen LogP contribution in [0.15, 0.2) is 122 Å². The van der Waals surface area contributed by atoms with Crippen LogP contribution in [0, 0.1) is 0 Å². The molecule has 0 bridgehead atoms. The number of rotatable bonds is 5. The summed E-state index contributed by atoms with van der Waals surface area (Å²) in [6, 6.07) is 38.2. The number of hydrogen-bond donors (Lipinski definition) is 0. The average Bonchev–Trinajstić information content (AvgIpc) is 3.04. The summed E-state index contributed by atoms with van der Waals surface area (Å²) < 4.78 is 0. The Balaban J connectivity index is 1.36. The monoisotopic (exact) mass is 574 g/mol. The molecule has 0 aliphatic rings. The van der Waals surface area contributed by atoms with E-state index in [-0.39, 0.29) is 10.8 Å². The van der Waals surface area contributed by atoms with Crippen molar-refractivity contribution in [2.24, 2.45) is 0 Å². The Bertz CT molecular complexity index is 1780. The average molecular weight is 575 g/mol. The molecule has 4 aromatic carbocycles. The molecular formula is C40H38N4. The lowest BCUT2D eigenvalue weighted by Crippen LogP contribution is -2.10. The van der Waals surface area contributed by atoms with Gasteiger partial charge in [-0.05, 0) is 50.3 Å². The summed E-state index contributed by atoms with van der Waals surface area (Å²) in [4.78, 5) is 19.1. The van der Waals surface area contributed by atoms with Gasteiger partial charge in [-0.25, -0.2) is 15.0 Å². The van der Waals surface area contributed by atoms with E-state index in [1.165, 1.54) is 11.1 Å². The highest BCUT2D eigenvalue weighted by atomic mass is 15.0. The van der Waals surface area contributed by atoms with Crippen LogP contribution in [-0.4, -0.2) is 19.9 Å². The minimum Gasteiger partial charge on any atom is -0.264 e. The minimum absolute atomic E-state index is 0.0730. The Morgan fingerprint density at radius 1 is 0.364 bits per heavy atom. The van der Waals surface area contributed by atoms with Gasteiger partial charge < -0.3 is 0 Å². The van der Waals surface area contributed by atoms with Crippen molar-refractivity contribution in [3.63, 3.8) is 0 Å². The van der Waals surface area contributed by atoms with Gasteiger partial charge in [-0.2, -0.15) is 0 Å². The van der Waals surface area contributed by atoms with Gasteiger partial charge in [0.2, 0.25) is 0 Å². The first kappa shape index (κ1) is 29.1. The van der Waals surface area contributed by atoms with Crippen LogP contribution in [0.4, 0.5) is 0 Å². The highest BCUT2D eigenvalue weighted by Crippen LogP contribution is 2.31. The molecule has 6 aromatic rings. The summed E-state index contributed by atoms with van der Waals surface area (Å²) in [6.45, 7) is 13.3. The van der Waals surface area contributed by atoms with Crippen molar-refractivity contribution in [3.8, 4) is 56.4 Å². The molecule has 0 saturated heterocycles. The molecule has 0 unspecified atom stereocenters. The second-order valence-corrected chi connectivity index (χ2v) is 13.4. The molecule has 2 heterocycles. The van der Waals surface area contributed by atoms with Crippen molar-refractivity contribution in [2.45, 2.75) is 52.4 Å². The van der Waals surface area contributed by atoms with Gasteiger partial charge in [-0.15, -0.1) is 0 Å². The molecule has 0 radical (unpaired) electrons. The largest absolute Gasteiger partial charge is 0.264 e. The fourth-order valence-corrected chi connectivity index (χ4v) is 5.20. The van der Waals surface area contributed by atoms with E-state index >= 15 is 0 Å². The Labute approximate surface area is 261 Å². The van der Waals surface area contributed by atoms with Gasteiger partial charge >= 0.3 is 0 Å². The van der Waals surface area contributed by atoms with Crippen molar-refractivity contribution in [1.82, 2.24) is 19.9 Å². The summed E-state index contributed by atoms with van der Waals surface area (Å²) >= 11 is 0. The van der Waals surface area contributed by atoms with E-state index in [0.29, 0.717) is 17.5 Å². The van der Waals surface area contributed by atoms with Crippen molar-refractivity contribution in [1.29, 1.82) is 0 Å². The Kier molecular flexibility index (Phi) is 7.69. The standard InChI is InChI=1S/C40H38N4/c1-39(2,3)34-21-17-31(18-22-34)37-42-36(43-38(44-37)32-19-23-35(24-20-32)40(4,5)6)30-15-13-28(14-16-30)27-9-11-29(12-10-27)33-8-7-25-41-26-33/h7-26H,1-6H3. The summed E-state index contributed by atoms with van der Waals surface area (Å²) in [5, 5.41) is 0. The molecule has 0 spiro atoms. The molecule has 218 valence electrons. The Hall–Kier alpha value is -4.96. The van der Waals surface area contributed by atoms with Crippen LogP contribution in [0.2, 0.25) is 0 Å². The van der Waals surface area contributed by atoms with Crippen LogP contribution in [0.25, 0.3) is 56.4 Å². The van der Waals surface area contributed by atoms with E-state index in [1.54, 1.807) is 6.20 Å². The van der Waals surface area contributed by atoms with E-state index in [2.05, 4.69) is 150 Å². The van der Waals surface area contributed by atoms with Gasteiger partial charge in [0, 0.05) is 29.1 Å². The van der Waals surface area contributed by atoms with E-state index in [9.17, 15) is 0 Å². The lowest BCUT2D eigenvalue weighted by atomic mass is 9.86. The summed E-state index contributed by atoms with van der Waals surface area (Å²) in [5.41, 5.74) is 10.1. The number of nitrogens with zero attached hydrogens (tertiary/aromatic N) is 4. The quantitative estimate of drug-likeness (QED) is 0.206. The molecule has 4 nitrogen and oxygen atoms in total. The smallest absolute Gasteiger partial charge is 0.164 e. The zero-order valence-corrected chi connectivity index (χ0v) is 26.3. The normalized spacial score (nSPS) is 11.9. The SMILES string of the molecule is CC(C)(C)c1ccc(-c2nc(-c3ccc(-c4ccc(-c5cccnc5)cc4)cc3)nc(-c3ccc(C(C)(C)C)cc3)n2)cc1. The molecular weight excluding hydrogens is 536 g/mol. The zero-order chi connectivity index (χ0) is 30.9. The molecule has 0 saturated carbocycles. The third-order valence-corrected chi connectivity index (χ3v) is 8.01. The van der Waals surface area contributed by atoms with Crippen molar-refractivity contribution < 1.29 is 0 Å². The molecule has 4 heteroatoms. The van der Waals surface area contributed by atoms with Crippen molar-refractivity contribution >= 4 is 0 Å². The number of benzene rings is 4. The molecule has 0 N–H and O–H groups in total. The molecule has 0 atom stereocenters. The molecule has 0 aliphatic heterocycles. The highest BCUT2D eigenvalue weighted by Gasteiger charge is 2.17. The molecule has 2 aromatic heterocycles. The van der Waals surface area contributed by atoms with Crippen LogP contribution in [-0.2, 0) is 10.8 Å². The molecule has 0 amide bonds. The van der Waals surface area contributed by atoms with Crippen LogP contribution in [0.5, 0.6) is 0 Å². The zero-order valence-electron chi connectivity index (χ0n) is 26.3. The Morgan fingerprint density at radius 3 is 1.00 bits per heavy atom. The highest BCUT2D eigenvalue weighted by molar-refractivity contribution is 5.73. The topological polar surface area (TPSA) is 51.6 Å². The predicted octanol–water partition coefficient (Wildman–Crippen LogP) is 10.2. The van der Waals surface area contributed by atoms with Crippen LogP contribution in [0.1, 0.15) is 52.7 Å². The van der Waals surface area contributed by atoms with Crippen LogP contribution in [0.3, 0.4) is 0 Å². The summed E-state index contributed by atoms with van der Waals surface area (Å²) in [5.74, 6) is 1.99. The van der Waals surface area contributed by atoms with E-state index in [0.717, 1.165) is 38.9 Å². The minimum atomic E-state index is 0.0730. The van der Waals surface area contributed by atoms with Gasteiger partial charge in [-0.3, -0.25) is 4.98 Å². The summed E-state index contributed by atoms with van der Waals surface area (Å²) in [7, 11) is 0.